The summed E-state index contributed by atoms with van der Waals surface area (Å²) >= 11 is 0. The van der Waals surface area contributed by atoms with E-state index in [1.807, 2.05) is 26.6 Å². The summed E-state index contributed by atoms with van der Waals surface area (Å²) in [4.78, 5) is 23.9. The molecular weight excluding hydrogens is 479 g/mol. The van der Waals surface area contributed by atoms with Crippen LogP contribution < -0.4 is 14.8 Å². The second-order valence-corrected chi connectivity index (χ2v) is 6.82. The van der Waals surface area contributed by atoms with Gasteiger partial charge >= 0.3 is 0 Å². The first kappa shape index (κ1) is 29.6. The number of aromatic nitrogens is 4. The lowest BCUT2D eigenvalue weighted by Gasteiger charge is -2.11. The van der Waals surface area contributed by atoms with Crippen LogP contribution in [0.1, 0.15) is 16.8 Å². The number of halogens is 3. The maximum atomic E-state index is 14.0. The lowest BCUT2D eigenvalue weighted by molar-refractivity contribution is -0.0987. The number of hydrogen-bond donors (Lipinski definition) is 2. The van der Waals surface area contributed by atoms with Crippen molar-refractivity contribution in [3.8, 4) is 11.6 Å². The van der Waals surface area contributed by atoms with Gasteiger partial charge in [-0.05, 0) is 38.1 Å². The Morgan fingerprint density at radius 3 is 2.33 bits per heavy atom. The van der Waals surface area contributed by atoms with Gasteiger partial charge in [0.25, 0.3) is 0 Å². The number of rotatable bonds is 5. The molecule has 3 heterocycles. The molecule has 0 radical (unpaired) electrons. The average molecular weight is 505 g/mol. The molecule has 192 valence electrons. The number of carbonyl (C=O) groups is 2. The number of methoxy groups -OCH3 is 1. The first-order valence-corrected chi connectivity index (χ1v) is 10.2. The predicted octanol–water partition coefficient (Wildman–Crippen LogP) is 4.33. The summed E-state index contributed by atoms with van der Waals surface area (Å²) < 4.78 is 50.2. The zero-order valence-corrected chi connectivity index (χ0v) is 20.2. The summed E-state index contributed by atoms with van der Waals surface area (Å²) in [6.45, 7) is 7.63. The zero-order chi connectivity index (χ0) is 27.3. The molecule has 0 aliphatic carbocycles. The van der Waals surface area contributed by atoms with E-state index in [0.29, 0.717) is 22.7 Å². The molecule has 0 saturated carbocycles. The maximum Gasteiger partial charge on any atom is 0.216 e. The van der Waals surface area contributed by atoms with Gasteiger partial charge in [0, 0.05) is 35.5 Å². The van der Waals surface area contributed by atoms with Gasteiger partial charge in [0.15, 0.2) is 23.0 Å². The molecule has 0 aliphatic heterocycles. The largest absolute Gasteiger partial charge is 0.483 e. The van der Waals surface area contributed by atoms with Crippen LogP contribution in [-0.2, 0) is 16.2 Å². The Kier molecular flexibility index (Phi) is 12.1. The molecule has 12 heteroatoms. The third-order valence-corrected chi connectivity index (χ3v) is 4.55. The maximum absolute atomic E-state index is 14.0. The van der Waals surface area contributed by atoms with E-state index >= 15 is 0 Å². The molecule has 1 aromatic carbocycles. The molecule has 4 rings (SSSR count). The minimum absolute atomic E-state index is 0.00850. The van der Waals surface area contributed by atoms with Crippen LogP contribution in [0.25, 0.3) is 11.0 Å². The number of ether oxygens (including phenoxy) is 2. The fraction of sp³-hybridized carbons (Fsp3) is 0.208. The first-order chi connectivity index (χ1) is 17.3. The van der Waals surface area contributed by atoms with E-state index in [2.05, 4.69) is 25.5 Å². The van der Waals surface area contributed by atoms with Gasteiger partial charge in [-0.2, -0.15) is 5.10 Å². The Labute approximate surface area is 205 Å². The summed E-state index contributed by atoms with van der Waals surface area (Å²) in [7, 11) is 3.06. The normalized spacial score (nSPS) is 9.53. The van der Waals surface area contributed by atoms with E-state index in [0.717, 1.165) is 23.3 Å². The molecule has 9 nitrogen and oxygen atoms in total. The second-order valence-electron chi connectivity index (χ2n) is 6.82. The number of H-pyrrole nitrogens is 1. The molecule has 0 spiro atoms. The van der Waals surface area contributed by atoms with Gasteiger partial charge in [0.05, 0.1) is 19.0 Å². The van der Waals surface area contributed by atoms with Crippen molar-refractivity contribution in [1.82, 2.24) is 20.2 Å². The van der Waals surface area contributed by atoms with Crippen molar-refractivity contribution in [3.63, 3.8) is 0 Å². The lowest BCUT2D eigenvalue weighted by Crippen LogP contribution is -2.03. The number of nitrogens with one attached hydrogen (secondary N) is 2. The van der Waals surface area contributed by atoms with E-state index in [4.69, 9.17) is 19.1 Å². The quantitative estimate of drug-likeness (QED) is 0.411. The minimum Gasteiger partial charge on any atom is -0.483 e. The molecular formula is C24H26F3N5O4. The molecule has 0 aliphatic rings. The van der Waals surface area contributed by atoms with E-state index in [-0.39, 0.29) is 18.1 Å². The highest BCUT2D eigenvalue weighted by Crippen LogP contribution is 2.28. The Morgan fingerprint density at radius 2 is 1.72 bits per heavy atom. The smallest absolute Gasteiger partial charge is 0.216 e. The highest BCUT2D eigenvalue weighted by Gasteiger charge is 2.15. The van der Waals surface area contributed by atoms with Crippen LogP contribution in [0.15, 0.2) is 36.7 Å². The van der Waals surface area contributed by atoms with Crippen molar-refractivity contribution in [2.24, 2.45) is 0 Å². The van der Waals surface area contributed by atoms with Gasteiger partial charge in [-0.15, -0.1) is 0 Å². The van der Waals surface area contributed by atoms with Crippen LogP contribution in [0, 0.1) is 31.3 Å². The molecule has 0 unspecified atom stereocenters. The van der Waals surface area contributed by atoms with Gasteiger partial charge in [0.2, 0.25) is 5.88 Å². The van der Waals surface area contributed by atoms with E-state index in [1.165, 1.54) is 19.2 Å². The predicted molar refractivity (Wildman–Crippen MR) is 129 cm³/mol. The number of hydrogen-bond acceptors (Lipinski definition) is 8. The van der Waals surface area contributed by atoms with Crippen molar-refractivity contribution >= 4 is 30.3 Å². The van der Waals surface area contributed by atoms with Crippen LogP contribution in [0.5, 0.6) is 11.6 Å². The Hall–Kier alpha value is -4.48. The lowest BCUT2D eigenvalue weighted by atomic mass is 10.2. The zero-order valence-electron chi connectivity index (χ0n) is 20.2. The molecule has 0 atom stereocenters. The number of anilines is 1. The van der Waals surface area contributed by atoms with E-state index in [9.17, 15) is 13.2 Å². The molecule has 0 bridgehead atoms. The van der Waals surface area contributed by atoms with Crippen LogP contribution in [0.4, 0.5) is 18.9 Å². The Bertz CT molecular complexity index is 1270. The standard InChI is InChI=1S/C15H14F2N4O.C7H8FNO.2CH2O/c1-8-10-5-9(6-19-15(10)21-20-8)7-22-14-11(16)3-4-12(18-2)13(14)17;1-5-3-6(8)4-9-7(5)10-2;2*1-2/h3-6,18H,7H2,1-2H3,(H,19,20,21);3-4H,1-2H3;2*1H2. The van der Waals surface area contributed by atoms with Crippen molar-refractivity contribution in [3.05, 3.63) is 70.9 Å². The molecule has 0 fully saturated rings. The van der Waals surface area contributed by atoms with E-state index in [1.54, 1.807) is 20.2 Å². The number of benzene rings is 1. The first-order valence-electron chi connectivity index (χ1n) is 10.2. The van der Waals surface area contributed by atoms with Gasteiger partial charge < -0.3 is 24.4 Å². The third kappa shape index (κ3) is 7.52. The molecule has 0 saturated heterocycles. The molecule has 0 amide bonds. The van der Waals surface area contributed by atoms with Gasteiger partial charge in [-0.1, -0.05) is 0 Å². The summed E-state index contributed by atoms with van der Waals surface area (Å²) in [6, 6.07) is 5.69. The number of nitrogens with zero attached hydrogens (tertiary/aromatic N) is 3. The highest BCUT2D eigenvalue weighted by atomic mass is 19.1. The minimum atomic E-state index is -0.754. The van der Waals surface area contributed by atoms with Crippen LogP contribution in [-0.4, -0.2) is 47.9 Å². The van der Waals surface area contributed by atoms with Crippen molar-refractivity contribution in [1.29, 1.82) is 0 Å². The Balaban J connectivity index is 0.000000388. The number of pyridine rings is 2. The fourth-order valence-corrected chi connectivity index (χ4v) is 2.90. The van der Waals surface area contributed by atoms with Gasteiger partial charge in [0.1, 0.15) is 26.0 Å². The Morgan fingerprint density at radius 1 is 1.03 bits per heavy atom. The van der Waals surface area contributed by atoms with Crippen molar-refractivity contribution < 1.29 is 32.2 Å². The summed E-state index contributed by atoms with van der Waals surface area (Å²) in [5.74, 6) is -1.77. The number of carbonyl (C=O) groups excluding carboxylic acids is 2. The number of aromatic amines is 1. The summed E-state index contributed by atoms with van der Waals surface area (Å²) in [5.41, 5.74) is 3.05. The van der Waals surface area contributed by atoms with Crippen LogP contribution >= 0.6 is 0 Å². The third-order valence-electron chi connectivity index (χ3n) is 4.55. The van der Waals surface area contributed by atoms with Crippen molar-refractivity contribution in [2.75, 3.05) is 19.5 Å². The monoisotopic (exact) mass is 505 g/mol. The van der Waals surface area contributed by atoms with Crippen LogP contribution in [0.3, 0.4) is 0 Å². The summed E-state index contributed by atoms with van der Waals surface area (Å²) in [5, 5.41) is 10.3. The fourth-order valence-electron chi connectivity index (χ4n) is 2.90. The average Bonchev–Trinajstić information content (AvgIpc) is 3.27. The molecule has 3 aromatic heterocycles. The second kappa shape index (κ2) is 14.7. The van der Waals surface area contributed by atoms with E-state index < -0.39 is 17.4 Å². The SMILES string of the molecule is C=O.C=O.CNc1ccc(F)c(OCc2cnc3n[nH]c(C)c3c2)c1F.COc1ncc(F)cc1C. The van der Waals surface area contributed by atoms with Crippen LogP contribution in [0.2, 0.25) is 0 Å². The molecule has 36 heavy (non-hydrogen) atoms. The highest BCUT2D eigenvalue weighted by molar-refractivity contribution is 5.77. The number of aryl methyl sites for hydroxylation is 2. The van der Waals surface area contributed by atoms with Gasteiger partial charge in [-0.25, -0.2) is 23.1 Å². The topological polar surface area (TPSA) is 119 Å². The number of fused-ring (bicyclic) bond motifs is 1. The van der Waals surface area contributed by atoms with Crippen molar-refractivity contribution in [2.45, 2.75) is 20.5 Å². The summed E-state index contributed by atoms with van der Waals surface area (Å²) in [6.07, 6.45) is 2.70. The molecule has 4 aromatic rings. The molecule has 2 N–H and O–H groups in total. The van der Waals surface area contributed by atoms with Gasteiger partial charge in [-0.3, -0.25) is 5.10 Å².